The molecule has 18 nitrogen and oxygen atoms in total. The van der Waals surface area contributed by atoms with Gasteiger partial charge in [0.05, 0.1) is 29.8 Å². The molecular weight excluding hydrogens is 899 g/mol. The van der Waals surface area contributed by atoms with Crippen LogP contribution in [0.2, 0.25) is 0 Å². The summed E-state index contributed by atoms with van der Waals surface area (Å²) in [5.74, 6) is -2.96. The highest BCUT2D eigenvalue weighted by atomic mass is 16.5. The van der Waals surface area contributed by atoms with Gasteiger partial charge in [0.2, 0.25) is 5.82 Å². The van der Waals surface area contributed by atoms with E-state index in [1.165, 1.54) is 15.5 Å². The number of cyclic esters (lactones) is 1. The number of benzene rings is 4. The van der Waals surface area contributed by atoms with Gasteiger partial charge < -0.3 is 44.5 Å². The Morgan fingerprint density at radius 2 is 1.57 bits per heavy atom. The van der Waals surface area contributed by atoms with Gasteiger partial charge in [0.15, 0.2) is 12.4 Å². The number of aryl methyl sites for hydroxylation is 1. The van der Waals surface area contributed by atoms with Crippen LogP contribution in [-0.2, 0) is 48.8 Å². The summed E-state index contributed by atoms with van der Waals surface area (Å²) in [7, 11) is 0. The number of aromatic nitrogens is 4. The van der Waals surface area contributed by atoms with Crippen LogP contribution in [0, 0.1) is 0 Å². The molecule has 0 bridgehead atoms. The fourth-order valence-corrected chi connectivity index (χ4v) is 10.1. The summed E-state index contributed by atoms with van der Waals surface area (Å²) >= 11 is 0. The van der Waals surface area contributed by atoms with Gasteiger partial charge in [-0.2, -0.15) is 0 Å². The van der Waals surface area contributed by atoms with Crippen molar-refractivity contribution in [2.24, 2.45) is 0 Å². The van der Waals surface area contributed by atoms with Gasteiger partial charge in [-0.3, -0.25) is 33.3 Å². The molecule has 18 heteroatoms. The molecule has 3 aliphatic rings. The Morgan fingerprint density at radius 3 is 2.26 bits per heavy atom. The molecule has 70 heavy (non-hydrogen) atoms. The van der Waals surface area contributed by atoms with E-state index in [0.717, 1.165) is 27.5 Å². The molecule has 1 atom stereocenters. The molecule has 2 aromatic heterocycles. The summed E-state index contributed by atoms with van der Waals surface area (Å²) < 4.78 is 14.2. The lowest BCUT2D eigenvalue weighted by Crippen LogP contribution is -2.51. The first-order chi connectivity index (χ1) is 33.6. The van der Waals surface area contributed by atoms with Gasteiger partial charge >= 0.3 is 11.9 Å². The summed E-state index contributed by atoms with van der Waals surface area (Å²) in [6.45, 7) is 9.81. The second-order valence-electron chi connectivity index (χ2n) is 18.1. The van der Waals surface area contributed by atoms with Gasteiger partial charge in [-0.15, -0.1) is 10.2 Å². The number of rotatable bonds is 12. The maximum atomic E-state index is 14.2. The first-order valence-corrected chi connectivity index (χ1v) is 23.4. The number of nitrogens with zero attached hydrogens (tertiary/aromatic N) is 6. The van der Waals surface area contributed by atoms with Crippen molar-refractivity contribution in [3.05, 3.63) is 116 Å². The van der Waals surface area contributed by atoms with Crippen LogP contribution in [-0.4, -0.2) is 113 Å². The molecule has 9 rings (SSSR count). The number of ether oxygens (including phenoxy) is 2. The van der Waals surface area contributed by atoms with Gasteiger partial charge in [-0.25, -0.2) is 0 Å². The lowest BCUT2D eigenvalue weighted by atomic mass is 9.72. The van der Waals surface area contributed by atoms with Crippen LogP contribution >= 0.6 is 0 Å². The molecule has 0 radical (unpaired) electrons. The van der Waals surface area contributed by atoms with Crippen molar-refractivity contribution in [3.63, 3.8) is 0 Å². The zero-order chi connectivity index (χ0) is 49.8. The first-order valence-electron chi connectivity index (χ1n) is 23.4. The van der Waals surface area contributed by atoms with E-state index in [4.69, 9.17) is 9.47 Å². The van der Waals surface area contributed by atoms with Crippen LogP contribution < -0.4 is 10.9 Å². The number of fused-ring (bicyclic) bond motifs is 5. The molecule has 5 heterocycles. The zero-order valence-corrected chi connectivity index (χ0v) is 39.5. The van der Waals surface area contributed by atoms with Gasteiger partial charge in [0, 0.05) is 55.6 Å². The number of esters is 2. The normalized spacial score (nSPS) is 16.2. The number of carbonyl (C=O) groups excluding carboxylic acids is 5. The van der Waals surface area contributed by atoms with Crippen molar-refractivity contribution in [1.82, 2.24) is 34.4 Å². The third-order valence-corrected chi connectivity index (χ3v) is 13.9. The first kappa shape index (κ1) is 47.1. The van der Waals surface area contributed by atoms with Crippen molar-refractivity contribution in [2.45, 2.75) is 78.4 Å². The minimum absolute atomic E-state index is 0.0532. The quantitative estimate of drug-likeness (QED) is 0.112. The molecule has 1 unspecified atom stereocenters. The van der Waals surface area contributed by atoms with E-state index in [-0.39, 0.29) is 96.6 Å². The molecular formula is C52H53N7O11. The largest absolute Gasteiger partial charge is 0.508 e. The van der Waals surface area contributed by atoms with Crippen LogP contribution in [0.25, 0.3) is 39.1 Å². The van der Waals surface area contributed by atoms with Crippen molar-refractivity contribution in [2.75, 3.05) is 39.3 Å². The molecule has 1 saturated heterocycles. The molecule has 4 N–H and O–H groups in total. The number of carbonyl (C=O) groups is 5. The number of amides is 3. The van der Waals surface area contributed by atoms with E-state index >= 15 is 0 Å². The van der Waals surface area contributed by atoms with Crippen molar-refractivity contribution < 1.29 is 48.8 Å². The average Bonchev–Trinajstić information content (AvgIpc) is 3.96. The monoisotopic (exact) mass is 951 g/mol. The van der Waals surface area contributed by atoms with Crippen molar-refractivity contribution in [1.29, 1.82) is 0 Å². The Morgan fingerprint density at radius 1 is 0.843 bits per heavy atom. The van der Waals surface area contributed by atoms with Crippen molar-refractivity contribution >= 4 is 40.4 Å². The van der Waals surface area contributed by atoms with Gasteiger partial charge in [0.25, 0.3) is 23.3 Å². The number of pyridine rings is 1. The molecule has 0 saturated carbocycles. The Bertz CT molecular complexity index is 3200. The average molecular weight is 952 g/mol. The number of phenolic OH excluding ortho intramolecular Hbond substituents is 3. The summed E-state index contributed by atoms with van der Waals surface area (Å²) in [4.78, 5) is 84.9. The molecule has 362 valence electrons. The number of hydrogen-bond acceptors (Lipinski definition) is 13. The number of aromatic hydroxyl groups is 3. The molecule has 0 spiro atoms. The fraction of sp³-hybridized carbons (Fsp3) is 0.346. The Kier molecular flexibility index (Phi) is 12.4. The van der Waals surface area contributed by atoms with E-state index in [0.29, 0.717) is 47.6 Å². The maximum Gasteiger partial charge on any atom is 0.317 e. The predicted molar refractivity (Wildman–Crippen MR) is 256 cm³/mol. The molecule has 0 aliphatic carbocycles. The predicted octanol–water partition coefficient (Wildman–Crippen LogP) is 5.45. The minimum Gasteiger partial charge on any atom is -0.508 e. The smallest absolute Gasteiger partial charge is 0.317 e. The fourth-order valence-electron chi connectivity index (χ4n) is 10.1. The minimum atomic E-state index is -1.54. The third kappa shape index (κ3) is 8.05. The van der Waals surface area contributed by atoms with Gasteiger partial charge in [0.1, 0.15) is 29.3 Å². The molecule has 1 fully saturated rings. The van der Waals surface area contributed by atoms with Gasteiger partial charge in [-0.1, -0.05) is 33.8 Å². The van der Waals surface area contributed by atoms with E-state index < -0.39 is 42.2 Å². The second kappa shape index (κ2) is 18.5. The van der Waals surface area contributed by atoms with Crippen LogP contribution in [0.1, 0.15) is 102 Å². The van der Waals surface area contributed by atoms with E-state index in [9.17, 15) is 44.1 Å². The third-order valence-electron chi connectivity index (χ3n) is 13.9. The lowest BCUT2D eigenvalue weighted by molar-refractivity contribution is -0.162. The van der Waals surface area contributed by atoms with E-state index in [1.54, 1.807) is 65.8 Å². The summed E-state index contributed by atoms with van der Waals surface area (Å²) in [5.41, 5.74) is 3.83. The van der Waals surface area contributed by atoms with Crippen LogP contribution in [0.15, 0.2) is 71.5 Å². The number of piperazine rings is 1. The summed E-state index contributed by atoms with van der Waals surface area (Å²) in [5, 5.41) is 44.5. The van der Waals surface area contributed by atoms with E-state index in [1.807, 2.05) is 39.0 Å². The maximum absolute atomic E-state index is 14.2. The van der Waals surface area contributed by atoms with E-state index in [2.05, 4.69) is 15.5 Å². The van der Waals surface area contributed by atoms with Crippen LogP contribution in [0.4, 0.5) is 0 Å². The highest BCUT2D eigenvalue weighted by Crippen LogP contribution is 2.45. The highest BCUT2D eigenvalue weighted by Gasteiger charge is 2.49. The molecule has 3 amide bonds. The van der Waals surface area contributed by atoms with Gasteiger partial charge in [-0.05, 0) is 113 Å². The SMILES string of the molecule is CCNC(=O)c1nnc(-c2cc(C(C)C)c(O)cc2O)n1-c1ccc(C(=O)N2CCN(C(=O)COC(=O)CC3(CC)C(=O)OCc4c3cc3n(c4=O)Cc4c-3cc3ccc(O)cc3c4CC)CC2)cc1. The zero-order valence-electron chi connectivity index (χ0n) is 39.5. The standard InChI is InChI=1S/C52H53N7O11/c1-6-33-35-20-32(60)14-11-30(35)19-36-38(33)25-58-41(36)22-40-39(50(58)67)26-70-51(68)52(40,7-2)24-45(64)69-27-44(63)56-15-17-57(18-16-56)49(66)29-9-12-31(13-10-29)59-46(54-55-47(59)48(65)53-8-3)37-21-34(28(4)5)42(61)23-43(37)62/h9-14,19-23,28,60-62H,6-8,15-18,24-27H2,1-5H3,(H,53,65). The lowest BCUT2D eigenvalue weighted by Gasteiger charge is -2.36. The molecule has 4 aromatic carbocycles. The van der Waals surface area contributed by atoms with Crippen LogP contribution in [0.5, 0.6) is 17.2 Å². The molecule has 3 aliphatic heterocycles. The number of hydrogen-bond donors (Lipinski definition) is 4. The second-order valence-corrected chi connectivity index (χ2v) is 18.1. The van der Waals surface area contributed by atoms with Crippen molar-refractivity contribution in [3.8, 4) is 45.6 Å². The Labute approximate surface area is 402 Å². The number of nitrogens with one attached hydrogen (secondary N) is 1. The number of phenols is 3. The summed E-state index contributed by atoms with van der Waals surface area (Å²) in [6.07, 6.45) is 0.325. The topological polar surface area (TPSA) is 236 Å². The Balaban J connectivity index is 0.861. The summed E-state index contributed by atoms with van der Waals surface area (Å²) in [6, 6.07) is 18.3. The molecule has 6 aromatic rings. The Hall–Kier alpha value is -8.02. The highest BCUT2D eigenvalue weighted by molar-refractivity contribution is 5.97. The van der Waals surface area contributed by atoms with Crippen LogP contribution in [0.3, 0.4) is 0 Å².